The molecule has 0 unspecified atom stereocenters. The first kappa shape index (κ1) is 33.0. The lowest BCUT2D eigenvalue weighted by Gasteiger charge is -2.58. The Labute approximate surface area is 257 Å². The molecular weight excluding hydrogens is 570 g/mol. The summed E-state index contributed by atoms with van der Waals surface area (Å²) in [6.07, 6.45) is 0.327. The Morgan fingerprint density at radius 3 is 2.68 bits per heavy atom. The Morgan fingerprint density at radius 1 is 1.27 bits per heavy atom. The summed E-state index contributed by atoms with van der Waals surface area (Å²) in [7, 11) is 3.50. The Hall–Kier alpha value is -3.91. The zero-order valence-electron chi connectivity index (χ0n) is 26.1. The summed E-state index contributed by atoms with van der Waals surface area (Å²) in [6.45, 7) is 6.48. The third-order valence-electron chi connectivity index (χ3n) is 9.42. The number of likely N-dealkylation sites (tertiary alicyclic amines) is 1. The minimum atomic E-state index is -1.20. The highest BCUT2D eigenvalue weighted by atomic mass is 16.6. The molecule has 0 aromatic heterocycles. The van der Waals surface area contributed by atoms with Gasteiger partial charge in [0.05, 0.1) is 11.0 Å². The number of nitrogens with zero attached hydrogens (tertiary/aromatic N) is 2. The first-order chi connectivity index (χ1) is 20.7. The van der Waals surface area contributed by atoms with Gasteiger partial charge in [-0.2, -0.15) is 0 Å². The van der Waals surface area contributed by atoms with E-state index in [2.05, 4.69) is 20.9 Å². The van der Waals surface area contributed by atoms with Gasteiger partial charge in [0.15, 0.2) is 29.3 Å². The molecule has 3 amide bonds. The van der Waals surface area contributed by atoms with Gasteiger partial charge in [-0.3, -0.25) is 19.8 Å². The Morgan fingerprint density at radius 2 is 2.00 bits per heavy atom. The van der Waals surface area contributed by atoms with Crippen molar-refractivity contribution in [2.24, 2.45) is 5.73 Å². The number of likely N-dealkylation sites (N-methyl/N-ethyl adjacent to an activating group) is 2. The van der Waals surface area contributed by atoms with Crippen molar-refractivity contribution in [1.82, 2.24) is 25.8 Å². The third-order valence-corrected chi connectivity index (χ3v) is 9.42. The first-order valence-corrected chi connectivity index (χ1v) is 15.0. The summed E-state index contributed by atoms with van der Waals surface area (Å²) in [5, 5.41) is 27.4. The number of Topliss-reactive ketones (excluding diaryl/α,β-unsaturated/α-hetero) is 1. The van der Waals surface area contributed by atoms with Crippen molar-refractivity contribution >= 4 is 29.7 Å². The summed E-state index contributed by atoms with van der Waals surface area (Å²) in [4.78, 5) is 54.1. The van der Waals surface area contributed by atoms with Gasteiger partial charge in [0.25, 0.3) is 0 Å². The normalized spacial score (nSPS) is 26.3. The van der Waals surface area contributed by atoms with Gasteiger partial charge in [0.1, 0.15) is 6.04 Å². The molecule has 1 saturated heterocycles. The van der Waals surface area contributed by atoms with Crippen LogP contribution in [0, 0.1) is 12.3 Å². The second-order valence-electron chi connectivity index (χ2n) is 12.2. The molecule has 1 aromatic carbocycles. The largest absolute Gasteiger partial charge is 0.477 e. The van der Waals surface area contributed by atoms with E-state index in [-0.39, 0.29) is 49.0 Å². The number of carbonyl (C=O) groups is 4. The number of aryl methyl sites for hydroxylation is 1. The van der Waals surface area contributed by atoms with E-state index in [0.29, 0.717) is 44.5 Å². The number of ketones is 1. The smallest absolute Gasteiger partial charge is 0.415 e. The molecule has 0 radical (unpaired) electrons. The highest BCUT2D eigenvalue weighted by molar-refractivity contribution is 5.90. The Bertz CT molecular complexity index is 1320. The van der Waals surface area contributed by atoms with Crippen LogP contribution in [0.3, 0.4) is 0 Å². The van der Waals surface area contributed by atoms with Crippen LogP contribution in [-0.2, 0) is 19.8 Å². The van der Waals surface area contributed by atoms with Crippen molar-refractivity contribution in [3.63, 3.8) is 0 Å². The van der Waals surface area contributed by atoms with Gasteiger partial charge in [0.2, 0.25) is 11.8 Å². The van der Waals surface area contributed by atoms with Gasteiger partial charge in [-0.15, -0.1) is 0 Å². The van der Waals surface area contributed by atoms with Gasteiger partial charge in [-0.25, -0.2) is 4.79 Å². The zero-order chi connectivity index (χ0) is 32.4. The maximum Gasteiger partial charge on any atom is 0.415 e. The van der Waals surface area contributed by atoms with Crippen LogP contribution in [0.2, 0.25) is 0 Å². The van der Waals surface area contributed by atoms with Gasteiger partial charge in [-0.05, 0) is 64.8 Å². The van der Waals surface area contributed by atoms with Crippen LogP contribution in [0.1, 0.15) is 57.1 Å². The maximum absolute atomic E-state index is 13.2. The molecule has 2 heterocycles. The fourth-order valence-corrected chi connectivity index (χ4v) is 6.96. The number of amides is 3. The molecule has 2 fully saturated rings. The zero-order valence-corrected chi connectivity index (χ0v) is 26.1. The minimum absolute atomic E-state index is 0.0696. The summed E-state index contributed by atoms with van der Waals surface area (Å²) in [5.74, 6) is -0.518. The number of benzene rings is 1. The first-order valence-electron chi connectivity index (χ1n) is 15.0. The van der Waals surface area contributed by atoms with E-state index in [4.69, 9.17) is 20.6 Å². The van der Waals surface area contributed by atoms with Crippen molar-refractivity contribution in [3.8, 4) is 11.5 Å². The number of fused-ring (bicyclic) bond motifs is 1. The van der Waals surface area contributed by atoms with Crippen molar-refractivity contribution in [2.45, 2.75) is 82.1 Å². The molecule has 44 heavy (non-hydrogen) atoms. The van der Waals surface area contributed by atoms with Gasteiger partial charge in [0, 0.05) is 51.6 Å². The van der Waals surface area contributed by atoms with E-state index in [0.717, 1.165) is 11.1 Å². The quantitative estimate of drug-likeness (QED) is 0.119. The number of piperidine rings is 1. The van der Waals surface area contributed by atoms with Crippen molar-refractivity contribution in [3.05, 3.63) is 23.3 Å². The van der Waals surface area contributed by atoms with Crippen LogP contribution < -0.4 is 31.2 Å². The molecule has 0 bridgehead atoms. The predicted octanol–water partition coefficient (Wildman–Crippen LogP) is 0.127. The molecule has 4 rings (SSSR count). The Balaban J connectivity index is 1.43. The summed E-state index contributed by atoms with van der Waals surface area (Å²) >= 11 is 0. The lowest BCUT2D eigenvalue weighted by atomic mass is 9.52. The molecule has 3 aliphatic rings. The van der Waals surface area contributed by atoms with E-state index in [1.54, 1.807) is 6.07 Å². The van der Waals surface area contributed by atoms with Crippen LogP contribution in [0.5, 0.6) is 11.5 Å². The number of hydrogen-bond acceptors (Lipinski definition) is 9. The second-order valence-corrected chi connectivity index (χ2v) is 12.2. The number of rotatable bonds is 10. The number of guanidine groups is 1. The number of nitrogens with two attached hydrogens (primary N) is 1. The molecule has 7 N–H and O–H groups in total. The lowest BCUT2D eigenvalue weighted by molar-refractivity contribution is -0.178. The fourth-order valence-electron chi connectivity index (χ4n) is 6.96. The van der Waals surface area contributed by atoms with Crippen molar-refractivity contribution in [1.29, 1.82) is 5.41 Å². The van der Waals surface area contributed by atoms with E-state index in [1.807, 2.05) is 27.0 Å². The van der Waals surface area contributed by atoms with Crippen molar-refractivity contribution in [2.75, 3.05) is 40.3 Å². The van der Waals surface area contributed by atoms with Gasteiger partial charge in [-0.1, -0.05) is 6.07 Å². The minimum Gasteiger partial charge on any atom is -0.477 e. The summed E-state index contributed by atoms with van der Waals surface area (Å²) in [6, 6.07) is 2.46. The molecule has 5 atom stereocenters. The topological polar surface area (TPSA) is 199 Å². The molecule has 2 aliphatic heterocycles. The molecule has 1 spiro atoms. The van der Waals surface area contributed by atoms with Crippen LogP contribution >= 0.6 is 0 Å². The lowest BCUT2D eigenvalue weighted by Crippen LogP contribution is -2.73. The molecule has 1 aliphatic carbocycles. The standard InChI is InChI=1S/C30H45N7O7/c1-17-8-9-22(24-23(17)29-12-15-36(4)18(2)30(29,42)11-10-21(39)25(29)44-24)43-28(41)37(5)16-14-33-26(40)20(35-19(3)38)7-6-13-34-27(31)32/h8-9,18,20,25,42H,6-7,10-16H2,1-5H3,(H,33,40)(H,35,38)(H4,31,32,34)/t18-,20+,25+,29+,30-/m1/s1. The van der Waals surface area contributed by atoms with Crippen LogP contribution in [0.15, 0.2) is 12.1 Å². The number of hydrogen-bond donors (Lipinski definition) is 6. The van der Waals surface area contributed by atoms with Crippen molar-refractivity contribution < 1.29 is 33.8 Å². The molecule has 14 heteroatoms. The second kappa shape index (κ2) is 13.0. The van der Waals surface area contributed by atoms with E-state index in [1.165, 1.54) is 18.9 Å². The molecule has 1 aromatic rings. The van der Waals surface area contributed by atoms with E-state index >= 15 is 0 Å². The summed E-state index contributed by atoms with van der Waals surface area (Å²) in [5.41, 5.74) is 4.70. The number of carbonyl (C=O) groups excluding carboxylic acids is 4. The molecule has 14 nitrogen and oxygen atoms in total. The number of aliphatic hydroxyl groups is 1. The Kier molecular flexibility index (Phi) is 9.74. The fraction of sp³-hybridized carbons (Fsp3) is 0.633. The highest BCUT2D eigenvalue weighted by Crippen LogP contribution is 2.61. The molecule has 1 saturated carbocycles. The maximum atomic E-state index is 13.2. The summed E-state index contributed by atoms with van der Waals surface area (Å²) < 4.78 is 12.1. The van der Waals surface area contributed by atoms with Gasteiger partial charge >= 0.3 is 6.09 Å². The number of nitrogens with one attached hydrogen (secondary N) is 4. The van der Waals surface area contributed by atoms with Gasteiger partial charge < -0.3 is 46.1 Å². The average molecular weight is 616 g/mol. The van der Waals surface area contributed by atoms with E-state index in [9.17, 15) is 24.3 Å². The SMILES string of the molecule is CC(=O)N[C@@H](CCCNC(=N)N)C(=O)NCCN(C)C(=O)Oc1ccc(C)c2c1O[C@H]1C(=O)CC[C@@]3(O)[C@@H](C)N(C)CC[C@]213. The number of ether oxygens (including phenoxy) is 2. The molecular formula is C30H45N7O7. The van der Waals surface area contributed by atoms with Crippen LogP contribution in [-0.4, -0.2) is 109 Å². The average Bonchev–Trinajstić information content (AvgIpc) is 3.33. The van der Waals surface area contributed by atoms with E-state index < -0.39 is 35.2 Å². The monoisotopic (exact) mass is 615 g/mol. The third kappa shape index (κ3) is 6.05. The predicted molar refractivity (Wildman–Crippen MR) is 162 cm³/mol. The van der Waals surface area contributed by atoms with Crippen LogP contribution in [0.4, 0.5) is 4.79 Å². The molecule has 242 valence electrons. The van der Waals surface area contributed by atoms with Crippen LogP contribution in [0.25, 0.3) is 0 Å². The highest BCUT2D eigenvalue weighted by Gasteiger charge is 2.70.